The summed E-state index contributed by atoms with van der Waals surface area (Å²) in [4.78, 5) is 0. The molecule has 0 spiro atoms. The van der Waals surface area contributed by atoms with E-state index in [1.807, 2.05) is 0 Å². The number of aliphatic hydroxyl groups excluding tert-OH is 1. The third kappa shape index (κ3) is 5.81. The van der Waals surface area contributed by atoms with Crippen LogP contribution < -0.4 is 0 Å². The maximum absolute atomic E-state index is 12.3. The SMILES string of the molecule is CCO.ON=Cc1cccc(F)c1. The van der Waals surface area contributed by atoms with Crippen LogP contribution in [0.15, 0.2) is 29.4 Å². The third-order valence-corrected chi connectivity index (χ3v) is 1.06. The topological polar surface area (TPSA) is 52.8 Å². The van der Waals surface area contributed by atoms with E-state index in [4.69, 9.17) is 10.3 Å². The molecule has 0 unspecified atom stereocenters. The van der Waals surface area contributed by atoms with Crippen LogP contribution in [0.3, 0.4) is 0 Å². The van der Waals surface area contributed by atoms with Gasteiger partial charge in [-0.2, -0.15) is 0 Å². The molecule has 13 heavy (non-hydrogen) atoms. The highest BCUT2D eigenvalue weighted by molar-refractivity contribution is 5.78. The van der Waals surface area contributed by atoms with E-state index in [-0.39, 0.29) is 12.4 Å². The summed E-state index contributed by atoms with van der Waals surface area (Å²) in [7, 11) is 0. The van der Waals surface area contributed by atoms with Gasteiger partial charge in [-0.25, -0.2) is 4.39 Å². The van der Waals surface area contributed by atoms with Gasteiger partial charge in [0.1, 0.15) is 5.82 Å². The van der Waals surface area contributed by atoms with Crippen LogP contribution in [0.5, 0.6) is 0 Å². The van der Waals surface area contributed by atoms with Crippen LogP contribution in [-0.2, 0) is 0 Å². The van der Waals surface area contributed by atoms with Crippen molar-refractivity contribution < 1.29 is 14.7 Å². The Balaban J connectivity index is 0.000000424. The number of hydrogen-bond acceptors (Lipinski definition) is 3. The molecule has 3 nitrogen and oxygen atoms in total. The number of hydrogen-bond donors (Lipinski definition) is 2. The van der Waals surface area contributed by atoms with Gasteiger partial charge >= 0.3 is 0 Å². The maximum Gasteiger partial charge on any atom is 0.123 e. The van der Waals surface area contributed by atoms with Crippen molar-refractivity contribution in [2.45, 2.75) is 6.92 Å². The van der Waals surface area contributed by atoms with Gasteiger partial charge in [-0.3, -0.25) is 0 Å². The first-order valence-corrected chi connectivity index (χ1v) is 3.78. The molecule has 1 rings (SSSR count). The van der Waals surface area contributed by atoms with Crippen LogP contribution in [0.1, 0.15) is 12.5 Å². The van der Waals surface area contributed by atoms with Gasteiger partial charge in [-0.05, 0) is 24.6 Å². The zero-order valence-electron chi connectivity index (χ0n) is 7.31. The number of halogens is 1. The third-order valence-electron chi connectivity index (χ3n) is 1.06. The fourth-order valence-electron chi connectivity index (χ4n) is 0.654. The lowest BCUT2D eigenvalue weighted by molar-refractivity contribution is 0.318. The molecular weight excluding hydrogens is 173 g/mol. The van der Waals surface area contributed by atoms with Gasteiger partial charge in [0.05, 0.1) is 6.21 Å². The summed E-state index contributed by atoms with van der Waals surface area (Å²) >= 11 is 0. The maximum atomic E-state index is 12.3. The Hall–Kier alpha value is -1.42. The molecule has 1 aromatic carbocycles. The van der Waals surface area contributed by atoms with E-state index in [1.54, 1.807) is 19.1 Å². The second kappa shape index (κ2) is 7.24. The fraction of sp³-hybridized carbons (Fsp3) is 0.222. The van der Waals surface area contributed by atoms with E-state index in [0.29, 0.717) is 5.56 Å². The molecule has 0 saturated heterocycles. The minimum absolute atomic E-state index is 0.250. The molecule has 0 heterocycles. The first-order valence-electron chi connectivity index (χ1n) is 3.78. The van der Waals surface area contributed by atoms with Gasteiger partial charge in [-0.1, -0.05) is 17.3 Å². The number of rotatable bonds is 1. The second-order valence-electron chi connectivity index (χ2n) is 2.12. The van der Waals surface area contributed by atoms with Crippen LogP contribution in [-0.4, -0.2) is 23.1 Å². The van der Waals surface area contributed by atoms with Gasteiger partial charge in [0.15, 0.2) is 0 Å². The summed E-state index contributed by atoms with van der Waals surface area (Å²) < 4.78 is 12.3. The molecule has 0 bridgehead atoms. The smallest absolute Gasteiger partial charge is 0.123 e. The zero-order valence-corrected chi connectivity index (χ0v) is 7.31. The van der Waals surface area contributed by atoms with Crippen molar-refractivity contribution in [3.63, 3.8) is 0 Å². The molecule has 0 saturated carbocycles. The lowest BCUT2D eigenvalue weighted by Crippen LogP contribution is -1.81. The Morgan fingerprint density at radius 2 is 2.15 bits per heavy atom. The molecular formula is C9H12FNO2. The van der Waals surface area contributed by atoms with Crippen molar-refractivity contribution in [1.82, 2.24) is 0 Å². The van der Waals surface area contributed by atoms with E-state index in [9.17, 15) is 4.39 Å². The molecule has 0 atom stereocenters. The monoisotopic (exact) mass is 185 g/mol. The van der Waals surface area contributed by atoms with Crippen molar-refractivity contribution in [2.24, 2.45) is 5.16 Å². The van der Waals surface area contributed by atoms with Crippen molar-refractivity contribution in [1.29, 1.82) is 0 Å². The first kappa shape index (κ1) is 11.6. The van der Waals surface area contributed by atoms with Gasteiger partial charge < -0.3 is 10.3 Å². The van der Waals surface area contributed by atoms with Gasteiger partial charge in [0.2, 0.25) is 0 Å². The summed E-state index contributed by atoms with van der Waals surface area (Å²) in [5.74, 6) is -0.336. The number of nitrogens with zero attached hydrogens (tertiary/aromatic N) is 1. The zero-order chi connectivity index (χ0) is 10.1. The minimum atomic E-state index is -0.336. The van der Waals surface area contributed by atoms with Crippen molar-refractivity contribution >= 4 is 6.21 Å². The summed E-state index contributed by atoms with van der Waals surface area (Å²) in [6, 6.07) is 5.80. The Bertz CT molecular complexity index is 264. The van der Waals surface area contributed by atoms with Gasteiger partial charge in [-0.15, -0.1) is 0 Å². The highest BCUT2D eigenvalue weighted by Gasteiger charge is 1.89. The molecule has 0 radical (unpaired) electrons. The average Bonchev–Trinajstić information content (AvgIpc) is 2.06. The average molecular weight is 185 g/mol. The first-order chi connectivity index (χ1) is 6.24. The molecule has 0 amide bonds. The van der Waals surface area contributed by atoms with Crippen LogP contribution >= 0.6 is 0 Å². The molecule has 1 aromatic rings. The molecule has 2 N–H and O–H groups in total. The standard InChI is InChI=1S/C7H6FNO.C2H6O/c8-7-3-1-2-6(4-7)5-9-10;1-2-3/h1-5,10H;3H,2H2,1H3. The molecule has 0 aliphatic heterocycles. The van der Waals surface area contributed by atoms with Crippen LogP contribution in [0.25, 0.3) is 0 Å². The molecule has 0 aromatic heterocycles. The quantitative estimate of drug-likeness (QED) is 0.397. The van der Waals surface area contributed by atoms with Crippen molar-refractivity contribution in [3.05, 3.63) is 35.6 Å². The van der Waals surface area contributed by atoms with Crippen LogP contribution in [0, 0.1) is 5.82 Å². The second-order valence-corrected chi connectivity index (χ2v) is 2.12. The largest absolute Gasteiger partial charge is 0.411 e. The molecule has 72 valence electrons. The van der Waals surface area contributed by atoms with Crippen molar-refractivity contribution in [2.75, 3.05) is 6.61 Å². The normalized spacial score (nSPS) is 9.46. The predicted molar refractivity (Wildman–Crippen MR) is 48.5 cm³/mol. The van der Waals surface area contributed by atoms with E-state index in [1.165, 1.54) is 18.3 Å². The highest BCUT2D eigenvalue weighted by atomic mass is 19.1. The molecule has 0 aliphatic rings. The Kier molecular flexibility index (Phi) is 6.45. The van der Waals surface area contributed by atoms with Crippen LogP contribution in [0.2, 0.25) is 0 Å². The Morgan fingerprint density at radius 1 is 1.54 bits per heavy atom. The lowest BCUT2D eigenvalue weighted by Gasteiger charge is -1.89. The summed E-state index contributed by atoms with van der Waals surface area (Å²) in [5.41, 5.74) is 0.544. The Morgan fingerprint density at radius 3 is 2.62 bits per heavy atom. The predicted octanol–water partition coefficient (Wildman–Crippen LogP) is 1.63. The summed E-state index contributed by atoms with van der Waals surface area (Å²) in [5, 5.41) is 18.4. The van der Waals surface area contributed by atoms with Gasteiger partial charge in [0, 0.05) is 6.61 Å². The molecule has 0 fully saturated rings. The Labute approximate surface area is 76.1 Å². The summed E-state index contributed by atoms with van der Waals surface area (Å²) in [6.07, 6.45) is 1.17. The number of aliphatic hydroxyl groups is 1. The minimum Gasteiger partial charge on any atom is -0.411 e. The highest BCUT2D eigenvalue weighted by Crippen LogP contribution is 1.99. The van der Waals surface area contributed by atoms with Crippen molar-refractivity contribution in [3.8, 4) is 0 Å². The number of benzene rings is 1. The summed E-state index contributed by atoms with van der Waals surface area (Å²) in [6.45, 7) is 1.93. The van der Waals surface area contributed by atoms with E-state index < -0.39 is 0 Å². The van der Waals surface area contributed by atoms with E-state index in [2.05, 4.69) is 5.16 Å². The van der Waals surface area contributed by atoms with E-state index >= 15 is 0 Å². The fourth-order valence-corrected chi connectivity index (χ4v) is 0.654. The van der Waals surface area contributed by atoms with Crippen LogP contribution in [0.4, 0.5) is 4.39 Å². The lowest BCUT2D eigenvalue weighted by atomic mass is 10.2. The van der Waals surface area contributed by atoms with E-state index in [0.717, 1.165) is 0 Å². The number of oxime groups is 1. The van der Waals surface area contributed by atoms with Gasteiger partial charge in [0.25, 0.3) is 0 Å². The molecule has 4 heteroatoms. The molecule has 0 aliphatic carbocycles.